The molecule has 0 aromatic heterocycles. The van der Waals surface area contributed by atoms with Gasteiger partial charge in [0, 0.05) is 16.9 Å². The molecule has 0 heterocycles. The number of rotatable bonds is 3. The first-order valence-electron chi connectivity index (χ1n) is 6.52. The molecule has 0 saturated heterocycles. The topological polar surface area (TPSA) is 46.2 Å². The molecule has 0 spiro atoms. The summed E-state index contributed by atoms with van der Waals surface area (Å²) in [6.45, 7) is 11.8. The van der Waals surface area contributed by atoms with Gasteiger partial charge in [-0.1, -0.05) is 41.5 Å². The third-order valence-corrected chi connectivity index (χ3v) is 3.33. The second-order valence-corrected chi connectivity index (χ2v) is 7.20. The SMILES string of the molecule is CC(C)(C)c1[c]c(O[O])cc(C(C)(C)C)c1C(=O)CCl. The van der Waals surface area contributed by atoms with E-state index in [9.17, 15) is 10.1 Å². The number of alkyl halides is 1. The predicted molar refractivity (Wildman–Crippen MR) is 79.0 cm³/mol. The second kappa shape index (κ2) is 5.74. The first kappa shape index (κ1) is 17.0. The zero-order valence-electron chi connectivity index (χ0n) is 12.9. The van der Waals surface area contributed by atoms with Crippen LogP contribution in [0, 0.1) is 6.07 Å². The van der Waals surface area contributed by atoms with Crippen molar-refractivity contribution in [2.75, 3.05) is 5.88 Å². The highest BCUT2D eigenvalue weighted by Crippen LogP contribution is 2.37. The molecular weight excluding hydrogens is 276 g/mol. The van der Waals surface area contributed by atoms with E-state index >= 15 is 0 Å². The maximum Gasteiger partial charge on any atom is 0.178 e. The van der Waals surface area contributed by atoms with Gasteiger partial charge in [0.15, 0.2) is 11.5 Å². The van der Waals surface area contributed by atoms with Crippen LogP contribution in [0.3, 0.4) is 0 Å². The van der Waals surface area contributed by atoms with Crippen molar-refractivity contribution in [3.8, 4) is 5.75 Å². The van der Waals surface area contributed by atoms with E-state index in [1.165, 1.54) is 0 Å². The minimum Gasteiger partial charge on any atom is -0.305 e. The summed E-state index contributed by atoms with van der Waals surface area (Å²) < 4.78 is 0. The molecule has 0 aliphatic rings. The van der Waals surface area contributed by atoms with E-state index in [4.69, 9.17) is 11.6 Å². The Balaban J connectivity index is 3.77. The Kier molecular flexibility index (Phi) is 4.88. The highest BCUT2D eigenvalue weighted by Gasteiger charge is 2.30. The van der Waals surface area contributed by atoms with Crippen LogP contribution >= 0.6 is 11.6 Å². The van der Waals surface area contributed by atoms with Crippen LogP contribution in [0.1, 0.15) is 63.0 Å². The van der Waals surface area contributed by atoms with Crippen LogP contribution < -0.4 is 4.89 Å². The van der Waals surface area contributed by atoms with Crippen molar-refractivity contribution in [2.24, 2.45) is 0 Å². The molecule has 1 aromatic rings. The first-order valence-corrected chi connectivity index (χ1v) is 7.06. The molecule has 0 aliphatic carbocycles. The van der Waals surface area contributed by atoms with Crippen molar-refractivity contribution in [1.29, 1.82) is 0 Å². The average Bonchev–Trinajstić information content (AvgIpc) is 2.34. The summed E-state index contributed by atoms with van der Waals surface area (Å²) in [4.78, 5) is 16.4. The van der Waals surface area contributed by atoms with E-state index in [0.29, 0.717) is 11.1 Å². The average molecular weight is 297 g/mol. The van der Waals surface area contributed by atoms with Gasteiger partial charge in [0.05, 0.1) is 5.88 Å². The fourth-order valence-corrected chi connectivity index (χ4v) is 2.25. The Morgan fingerprint density at radius 1 is 1.20 bits per heavy atom. The molecule has 4 heteroatoms. The number of hydrogen-bond acceptors (Lipinski definition) is 2. The van der Waals surface area contributed by atoms with Gasteiger partial charge >= 0.3 is 0 Å². The number of halogens is 1. The third kappa shape index (κ3) is 3.53. The normalized spacial score (nSPS) is 12.4. The molecule has 1 aromatic carbocycles. The van der Waals surface area contributed by atoms with Gasteiger partial charge in [0.1, 0.15) is 0 Å². The molecule has 1 rings (SSSR count). The monoisotopic (exact) mass is 296 g/mol. The van der Waals surface area contributed by atoms with Crippen molar-refractivity contribution < 1.29 is 14.9 Å². The maximum atomic E-state index is 12.3. The Morgan fingerprint density at radius 2 is 1.75 bits per heavy atom. The summed E-state index contributed by atoms with van der Waals surface area (Å²) in [5.74, 6) is -0.154. The van der Waals surface area contributed by atoms with Gasteiger partial charge in [-0.3, -0.25) is 4.79 Å². The Bertz CT molecular complexity index is 472. The summed E-state index contributed by atoms with van der Waals surface area (Å²) in [7, 11) is 0. The quantitative estimate of drug-likeness (QED) is 0.363. The minimum absolute atomic E-state index is 0.0996. The zero-order chi connectivity index (χ0) is 15.7. The molecule has 0 saturated carbocycles. The largest absolute Gasteiger partial charge is 0.305 e. The van der Waals surface area contributed by atoms with Crippen LogP contribution in [0.5, 0.6) is 5.75 Å². The summed E-state index contributed by atoms with van der Waals surface area (Å²) in [5, 5.41) is 10.8. The highest BCUT2D eigenvalue weighted by molar-refractivity contribution is 6.31. The number of hydrogen-bond donors (Lipinski definition) is 0. The number of carbonyl (C=O) groups is 1. The lowest BCUT2D eigenvalue weighted by Gasteiger charge is -2.29. The molecule has 0 aliphatic heterocycles. The fourth-order valence-electron chi connectivity index (χ4n) is 2.12. The lowest BCUT2D eigenvalue weighted by Crippen LogP contribution is -2.24. The summed E-state index contributed by atoms with van der Waals surface area (Å²) in [5.41, 5.74) is 1.34. The molecule has 110 valence electrons. The van der Waals surface area contributed by atoms with Crippen molar-refractivity contribution in [1.82, 2.24) is 0 Å². The third-order valence-electron chi connectivity index (χ3n) is 3.09. The van der Waals surface area contributed by atoms with E-state index < -0.39 is 0 Å². The van der Waals surface area contributed by atoms with Crippen LogP contribution in [0.15, 0.2) is 6.07 Å². The zero-order valence-corrected chi connectivity index (χ0v) is 13.6. The van der Waals surface area contributed by atoms with E-state index in [1.54, 1.807) is 6.07 Å². The number of Topliss-reactive ketones (excluding diaryl/α,β-unsaturated/α-hetero) is 1. The molecule has 0 fully saturated rings. The van der Waals surface area contributed by atoms with Gasteiger partial charge in [-0.25, -0.2) is 0 Å². The van der Waals surface area contributed by atoms with Crippen LogP contribution in [0.25, 0.3) is 0 Å². The molecule has 2 radical (unpaired) electrons. The molecule has 3 nitrogen and oxygen atoms in total. The van der Waals surface area contributed by atoms with Crippen molar-refractivity contribution in [3.63, 3.8) is 0 Å². The van der Waals surface area contributed by atoms with E-state index in [-0.39, 0.29) is 28.2 Å². The van der Waals surface area contributed by atoms with E-state index in [0.717, 1.165) is 5.56 Å². The van der Waals surface area contributed by atoms with Crippen molar-refractivity contribution >= 4 is 17.4 Å². The standard InChI is InChI=1S/C16H21ClO3/c1-15(2,3)11-7-10(20-19)8-12(16(4,5)6)14(11)13(18)9-17/h7H,9H2,1-6H3. The molecule has 0 N–H and O–H groups in total. The van der Waals surface area contributed by atoms with Crippen LogP contribution in [-0.2, 0) is 16.1 Å². The predicted octanol–water partition coefficient (Wildman–Crippen LogP) is 4.23. The summed E-state index contributed by atoms with van der Waals surface area (Å²) >= 11 is 5.75. The van der Waals surface area contributed by atoms with Crippen LogP contribution in [-0.4, -0.2) is 11.7 Å². The van der Waals surface area contributed by atoms with Crippen LogP contribution in [0.4, 0.5) is 0 Å². The maximum absolute atomic E-state index is 12.3. The Labute approximate surface area is 125 Å². The van der Waals surface area contributed by atoms with Gasteiger partial charge in [-0.2, -0.15) is 0 Å². The van der Waals surface area contributed by atoms with Gasteiger partial charge in [-0.15, -0.1) is 11.6 Å². The highest BCUT2D eigenvalue weighted by atomic mass is 35.5. The first-order chi connectivity index (χ1) is 9.02. The molecule has 0 bridgehead atoms. The number of benzene rings is 1. The minimum atomic E-state index is -0.342. The number of carbonyl (C=O) groups excluding carboxylic acids is 1. The molecule has 0 unspecified atom stereocenters. The van der Waals surface area contributed by atoms with Gasteiger partial charge in [-0.05, 0) is 28.0 Å². The Hall–Kier alpha value is -1.06. The van der Waals surface area contributed by atoms with Gasteiger partial charge in [0.2, 0.25) is 0 Å². The lowest BCUT2D eigenvalue weighted by molar-refractivity contribution is -0.208. The molecule has 20 heavy (non-hydrogen) atoms. The smallest absolute Gasteiger partial charge is 0.178 e. The number of ketones is 1. The van der Waals surface area contributed by atoms with Crippen LogP contribution in [0.2, 0.25) is 0 Å². The van der Waals surface area contributed by atoms with Gasteiger partial charge < -0.3 is 4.89 Å². The van der Waals surface area contributed by atoms with Gasteiger partial charge in [0.25, 0.3) is 0 Å². The second-order valence-electron chi connectivity index (χ2n) is 6.94. The summed E-state index contributed by atoms with van der Waals surface area (Å²) in [6.07, 6.45) is 0. The fraction of sp³-hybridized carbons (Fsp3) is 0.562. The molecular formula is C16H21ClO3. The Morgan fingerprint density at radius 3 is 2.10 bits per heavy atom. The lowest BCUT2D eigenvalue weighted by atomic mass is 9.75. The summed E-state index contributed by atoms with van der Waals surface area (Å²) in [6, 6.07) is 4.50. The van der Waals surface area contributed by atoms with E-state index in [1.807, 2.05) is 41.5 Å². The van der Waals surface area contributed by atoms with E-state index in [2.05, 4.69) is 11.0 Å². The van der Waals surface area contributed by atoms with Crippen molar-refractivity contribution in [3.05, 3.63) is 28.8 Å². The molecule has 0 atom stereocenters. The molecule has 0 amide bonds. The van der Waals surface area contributed by atoms with Crippen molar-refractivity contribution in [2.45, 2.75) is 52.4 Å².